The second-order valence-corrected chi connectivity index (χ2v) is 12.1. The van der Waals surface area contributed by atoms with Crippen LogP contribution in [-0.2, 0) is 19.1 Å². The smallest absolute Gasteiger partial charge is 0.314 e. The molecule has 1 saturated heterocycles. The van der Waals surface area contributed by atoms with E-state index in [1.807, 2.05) is 13.8 Å². The molecule has 5 aliphatic rings. The Balaban J connectivity index is 1.44. The number of ketones is 1. The van der Waals surface area contributed by atoms with Crippen molar-refractivity contribution >= 4 is 11.8 Å². The van der Waals surface area contributed by atoms with Crippen molar-refractivity contribution < 1.29 is 44.6 Å². The second kappa shape index (κ2) is 8.07. The van der Waals surface area contributed by atoms with Gasteiger partial charge in [-0.05, 0) is 69.3 Å². The summed E-state index contributed by atoms with van der Waals surface area (Å²) in [6, 6.07) is 0. The third-order valence-electron chi connectivity index (χ3n) is 10.7. The van der Waals surface area contributed by atoms with Crippen molar-refractivity contribution in [1.82, 2.24) is 0 Å². The van der Waals surface area contributed by atoms with E-state index in [1.54, 1.807) is 0 Å². The van der Waals surface area contributed by atoms with E-state index in [0.29, 0.717) is 56.9 Å². The van der Waals surface area contributed by atoms with E-state index in [1.165, 1.54) is 0 Å². The standard InChI is InChI=1S/C26H38O9/c1-13-14-5-10-26(33)24(3)8-4-7-23(2,16(24)6-9-25(26,11-14)20(13)31)22(32)35-21-19(30)18(29)17(28)15(12-27)34-21/h14-19,21,27-30,33H,1,4-12H2,2-3H3. The highest BCUT2D eigenvalue weighted by Crippen LogP contribution is 2.73. The van der Waals surface area contributed by atoms with Gasteiger partial charge in [0.2, 0.25) is 6.29 Å². The van der Waals surface area contributed by atoms with Crippen LogP contribution in [0.5, 0.6) is 0 Å². The predicted octanol–water partition coefficient (Wildman–Crippen LogP) is 0.592. The van der Waals surface area contributed by atoms with Crippen LogP contribution in [0.4, 0.5) is 0 Å². The summed E-state index contributed by atoms with van der Waals surface area (Å²) in [5, 5.41) is 52.3. The first kappa shape index (κ1) is 25.3. The summed E-state index contributed by atoms with van der Waals surface area (Å²) < 4.78 is 11.0. The summed E-state index contributed by atoms with van der Waals surface area (Å²) in [7, 11) is 0. The van der Waals surface area contributed by atoms with Gasteiger partial charge in [0, 0.05) is 5.41 Å². The monoisotopic (exact) mass is 494 g/mol. The van der Waals surface area contributed by atoms with Crippen LogP contribution >= 0.6 is 0 Å². The van der Waals surface area contributed by atoms with Gasteiger partial charge in [-0.3, -0.25) is 9.59 Å². The number of ether oxygens (including phenoxy) is 2. The van der Waals surface area contributed by atoms with Crippen molar-refractivity contribution in [1.29, 1.82) is 0 Å². The van der Waals surface area contributed by atoms with Crippen LogP contribution in [0.3, 0.4) is 0 Å². The van der Waals surface area contributed by atoms with Gasteiger partial charge in [0.1, 0.15) is 24.4 Å². The van der Waals surface area contributed by atoms with Gasteiger partial charge < -0.3 is 35.0 Å². The van der Waals surface area contributed by atoms with Crippen LogP contribution < -0.4 is 0 Å². The molecule has 5 fully saturated rings. The van der Waals surface area contributed by atoms with E-state index < -0.39 is 65.1 Å². The fraction of sp³-hybridized carbons (Fsp3) is 0.846. The van der Waals surface area contributed by atoms with Crippen molar-refractivity contribution in [2.45, 2.75) is 102 Å². The lowest BCUT2D eigenvalue weighted by Gasteiger charge is -2.66. The van der Waals surface area contributed by atoms with Crippen LogP contribution in [-0.4, -0.2) is 80.2 Å². The Hall–Kier alpha value is -1.36. The number of aliphatic hydroxyl groups is 5. The molecule has 5 rings (SSSR count). The molecule has 4 saturated carbocycles. The zero-order chi connectivity index (χ0) is 25.6. The second-order valence-electron chi connectivity index (χ2n) is 12.1. The van der Waals surface area contributed by atoms with Crippen molar-refractivity contribution in [2.75, 3.05) is 6.61 Å². The maximum atomic E-state index is 13.7. The van der Waals surface area contributed by atoms with Crippen molar-refractivity contribution in [3.8, 4) is 0 Å². The molecule has 0 aromatic rings. The number of hydrogen-bond acceptors (Lipinski definition) is 9. The topological polar surface area (TPSA) is 154 Å². The number of Topliss-reactive ketones (excluding diaryl/α,β-unsaturated/α-hetero) is 1. The molecule has 5 N–H and O–H groups in total. The summed E-state index contributed by atoms with van der Waals surface area (Å²) in [4.78, 5) is 27.1. The summed E-state index contributed by atoms with van der Waals surface area (Å²) in [5.74, 6) is -0.782. The van der Waals surface area contributed by atoms with Crippen LogP contribution in [0.1, 0.15) is 65.2 Å². The Kier molecular flexibility index (Phi) is 5.83. The fourth-order valence-corrected chi connectivity index (χ4v) is 8.69. The zero-order valence-electron chi connectivity index (χ0n) is 20.5. The number of allylic oxidation sites excluding steroid dienone is 1. The Labute approximate surface area is 205 Å². The molecule has 0 aromatic carbocycles. The first-order valence-corrected chi connectivity index (χ1v) is 12.8. The molecule has 196 valence electrons. The lowest BCUT2D eigenvalue weighted by molar-refractivity contribution is -0.300. The van der Waals surface area contributed by atoms with Gasteiger partial charge in [0.25, 0.3) is 0 Å². The minimum Gasteiger partial charge on any atom is -0.432 e. The number of fused-ring (bicyclic) bond motifs is 3. The van der Waals surface area contributed by atoms with Crippen LogP contribution in [0.15, 0.2) is 12.2 Å². The highest BCUT2D eigenvalue weighted by molar-refractivity contribution is 6.04. The van der Waals surface area contributed by atoms with Gasteiger partial charge >= 0.3 is 5.97 Å². The molecule has 35 heavy (non-hydrogen) atoms. The minimum atomic E-state index is -1.67. The summed E-state index contributed by atoms with van der Waals surface area (Å²) in [6.07, 6.45) is -2.86. The SMILES string of the molecule is C=C1C(=O)C23CCC4C(C)(C(=O)OC5OC(CO)C(O)C(O)C5O)CCCC4(C)C2(O)CCC1C3. The molecule has 4 aliphatic carbocycles. The highest BCUT2D eigenvalue weighted by Gasteiger charge is 2.75. The van der Waals surface area contributed by atoms with Gasteiger partial charge in [-0.2, -0.15) is 0 Å². The average Bonchev–Trinajstić information content (AvgIpc) is 3.03. The number of rotatable bonds is 3. The Morgan fingerprint density at radius 3 is 2.49 bits per heavy atom. The first-order valence-electron chi connectivity index (χ1n) is 12.8. The lowest BCUT2D eigenvalue weighted by atomic mass is 9.38. The third-order valence-corrected chi connectivity index (χ3v) is 10.7. The van der Waals surface area contributed by atoms with Crippen molar-refractivity contribution in [3.05, 3.63) is 12.2 Å². The van der Waals surface area contributed by atoms with E-state index in [-0.39, 0.29) is 17.6 Å². The van der Waals surface area contributed by atoms with E-state index >= 15 is 0 Å². The zero-order valence-corrected chi connectivity index (χ0v) is 20.5. The quantitative estimate of drug-likeness (QED) is 0.280. The molecule has 0 amide bonds. The molecule has 0 aromatic heterocycles. The van der Waals surface area contributed by atoms with Gasteiger partial charge in [-0.25, -0.2) is 0 Å². The molecular formula is C26H38O9. The first-order chi connectivity index (χ1) is 16.4. The normalized spacial score (nSPS) is 53.6. The van der Waals surface area contributed by atoms with Gasteiger partial charge in [0.15, 0.2) is 5.78 Å². The van der Waals surface area contributed by atoms with Crippen molar-refractivity contribution in [3.63, 3.8) is 0 Å². The van der Waals surface area contributed by atoms with Crippen LogP contribution in [0, 0.1) is 28.1 Å². The maximum absolute atomic E-state index is 13.7. The summed E-state index contributed by atoms with van der Waals surface area (Å²) in [5.41, 5.74) is -3.18. The van der Waals surface area contributed by atoms with Crippen molar-refractivity contribution in [2.24, 2.45) is 28.1 Å². The number of carbonyl (C=O) groups is 2. The molecule has 11 atom stereocenters. The molecule has 1 heterocycles. The van der Waals surface area contributed by atoms with Crippen LogP contribution in [0.2, 0.25) is 0 Å². The Morgan fingerprint density at radius 2 is 1.80 bits per heavy atom. The molecular weight excluding hydrogens is 456 g/mol. The highest BCUT2D eigenvalue weighted by atomic mass is 16.7. The largest absolute Gasteiger partial charge is 0.432 e. The minimum absolute atomic E-state index is 0.0154. The third kappa shape index (κ3) is 3.09. The number of carbonyl (C=O) groups excluding carboxylic acids is 2. The Bertz CT molecular complexity index is 934. The van der Waals surface area contributed by atoms with E-state index in [2.05, 4.69) is 6.58 Å². The van der Waals surface area contributed by atoms with Gasteiger partial charge in [0.05, 0.1) is 23.0 Å². The van der Waals surface area contributed by atoms with E-state index in [9.17, 15) is 35.1 Å². The van der Waals surface area contributed by atoms with Gasteiger partial charge in [-0.15, -0.1) is 0 Å². The molecule has 1 aliphatic heterocycles. The Morgan fingerprint density at radius 1 is 1.09 bits per heavy atom. The lowest BCUT2D eigenvalue weighted by Crippen LogP contribution is -2.70. The summed E-state index contributed by atoms with van der Waals surface area (Å²) >= 11 is 0. The average molecular weight is 495 g/mol. The van der Waals surface area contributed by atoms with E-state index in [0.717, 1.165) is 0 Å². The molecule has 0 radical (unpaired) electrons. The molecule has 11 unspecified atom stereocenters. The predicted molar refractivity (Wildman–Crippen MR) is 122 cm³/mol. The van der Waals surface area contributed by atoms with E-state index in [4.69, 9.17) is 9.47 Å². The van der Waals surface area contributed by atoms with Gasteiger partial charge in [-0.1, -0.05) is 19.9 Å². The number of esters is 1. The van der Waals surface area contributed by atoms with Crippen LogP contribution in [0.25, 0.3) is 0 Å². The molecule has 1 spiro atoms. The number of aliphatic hydroxyl groups excluding tert-OH is 4. The molecule has 9 nitrogen and oxygen atoms in total. The fourth-order valence-electron chi connectivity index (χ4n) is 8.69. The molecule has 9 heteroatoms. The maximum Gasteiger partial charge on any atom is 0.314 e. The summed E-state index contributed by atoms with van der Waals surface area (Å²) in [6.45, 7) is 7.24. The molecule has 2 bridgehead atoms. The number of hydrogen-bond donors (Lipinski definition) is 5.